The van der Waals surface area contributed by atoms with Gasteiger partial charge in [0.15, 0.2) is 0 Å². The Hall–Kier alpha value is -0.980. The Labute approximate surface area is 119 Å². The van der Waals surface area contributed by atoms with Crippen molar-refractivity contribution in [1.82, 2.24) is 4.31 Å². The van der Waals surface area contributed by atoms with Crippen molar-refractivity contribution < 1.29 is 12.8 Å². The van der Waals surface area contributed by atoms with Crippen LogP contribution in [0.5, 0.6) is 0 Å². The average Bonchev–Trinajstić information content (AvgIpc) is 2.39. The van der Waals surface area contributed by atoms with Crippen LogP contribution in [0.4, 0.5) is 4.39 Å². The molecule has 6 heteroatoms. The molecule has 0 amide bonds. The van der Waals surface area contributed by atoms with E-state index in [0.29, 0.717) is 25.1 Å². The molecule has 112 valence electrons. The number of halogens is 1. The van der Waals surface area contributed by atoms with Crippen molar-refractivity contribution in [2.75, 3.05) is 13.1 Å². The van der Waals surface area contributed by atoms with Gasteiger partial charge in [0.2, 0.25) is 10.0 Å². The molecule has 0 spiro atoms. The molecule has 1 aromatic carbocycles. The largest absolute Gasteiger partial charge is 0.330 e. The number of nitrogens with two attached hydrogens (primary N) is 1. The number of rotatable bonds is 4. The van der Waals surface area contributed by atoms with Crippen LogP contribution in [0.1, 0.15) is 31.2 Å². The topological polar surface area (TPSA) is 63.4 Å². The Morgan fingerprint density at radius 1 is 1.40 bits per heavy atom. The average molecular weight is 300 g/mol. The summed E-state index contributed by atoms with van der Waals surface area (Å²) in [4.78, 5) is 0.197. The quantitative estimate of drug-likeness (QED) is 0.925. The molecule has 1 aliphatic heterocycles. The third-order valence-corrected chi connectivity index (χ3v) is 5.91. The number of nitrogens with zero attached hydrogens (tertiary/aromatic N) is 1. The second kappa shape index (κ2) is 6.20. The lowest BCUT2D eigenvalue weighted by molar-refractivity contribution is 0.243. The summed E-state index contributed by atoms with van der Waals surface area (Å²) in [6.07, 6.45) is 3.40. The normalized spacial score (nSPS) is 21.1. The summed E-state index contributed by atoms with van der Waals surface area (Å²) in [7, 11) is -3.57. The van der Waals surface area contributed by atoms with Gasteiger partial charge in [0.25, 0.3) is 0 Å². The summed E-state index contributed by atoms with van der Waals surface area (Å²) in [5, 5.41) is 0. The molecule has 0 aliphatic carbocycles. The number of sulfonamides is 1. The highest BCUT2D eigenvalue weighted by Gasteiger charge is 2.33. The van der Waals surface area contributed by atoms with Gasteiger partial charge in [-0.25, -0.2) is 12.8 Å². The van der Waals surface area contributed by atoms with Crippen molar-refractivity contribution in [1.29, 1.82) is 0 Å². The molecular formula is C14H21FN2O2S. The van der Waals surface area contributed by atoms with Crippen LogP contribution < -0.4 is 5.73 Å². The summed E-state index contributed by atoms with van der Waals surface area (Å²) in [5.41, 5.74) is 6.03. The lowest BCUT2D eigenvalue weighted by Crippen LogP contribution is -2.44. The number of hydrogen-bond acceptors (Lipinski definition) is 3. The van der Waals surface area contributed by atoms with Crippen molar-refractivity contribution in [3.8, 4) is 0 Å². The van der Waals surface area contributed by atoms with E-state index in [0.717, 1.165) is 19.3 Å². The van der Waals surface area contributed by atoms with Gasteiger partial charge in [-0.05, 0) is 56.5 Å². The predicted octanol–water partition coefficient (Wildman–Crippen LogP) is 2.03. The highest BCUT2D eigenvalue weighted by atomic mass is 32.2. The Balaban J connectivity index is 2.37. The molecule has 0 bridgehead atoms. The first-order valence-electron chi connectivity index (χ1n) is 6.95. The van der Waals surface area contributed by atoms with Crippen LogP contribution in [0.3, 0.4) is 0 Å². The highest BCUT2D eigenvalue weighted by Crippen LogP contribution is 2.28. The van der Waals surface area contributed by atoms with Gasteiger partial charge in [-0.3, -0.25) is 0 Å². The van der Waals surface area contributed by atoms with Crippen LogP contribution in [0.15, 0.2) is 23.1 Å². The highest BCUT2D eigenvalue weighted by molar-refractivity contribution is 7.89. The molecule has 1 unspecified atom stereocenters. The van der Waals surface area contributed by atoms with Crippen molar-refractivity contribution in [3.05, 3.63) is 29.6 Å². The van der Waals surface area contributed by atoms with Gasteiger partial charge < -0.3 is 5.73 Å². The lowest BCUT2D eigenvalue weighted by atomic mass is 10.0. The van der Waals surface area contributed by atoms with E-state index in [9.17, 15) is 12.8 Å². The summed E-state index contributed by atoms with van der Waals surface area (Å²) in [5.74, 6) is -0.418. The zero-order chi connectivity index (χ0) is 14.8. The molecule has 1 atom stereocenters. The Morgan fingerprint density at radius 2 is 2.15 bits per heavy atom. The Kier molecular flexibility index (Phi) is 4.78. The fraction of sp³-hybridized carbons (Fsp3) is 0.571. The molecule has 0 aromatic heterocycles. The van der Waals surface area contributed by atoms with E-state index in [2.05, 4.69) is 0 Å². The standard InChI is InChI=1S/C14H21FN2O2S/c1-11-10-12(15)5-6-14(11)20(18,19)17-9-3-2-4-13(17)7-8-16/h5-6,10,13H,2-4,7-9,16H2,1H3. The minimum atomic E-state index is -3.57. The molecule has 1 aliphatic rings. The summed E-state index contributed by atoms with van der Waals surface area (Å²) in [6.45, 7) is 2.61. The minimum absolute atomic E-state index is 0.0387. The summed E-state index contributed by atoms with van der Waals surface area (Å²) >= 11 is 0. The number of hydrogen-bond donors (Lipinski definition) is 1. The van der Waals surface area contributed by atoms with Gasteiger partial charge in [-0.15, -0.1) is 0 Å². The number of aryl methyl sites for hydroxylation is 1. The third kappa shape index (κ3) is 3.02. The maximum Gasteiger partial charge on any atom is 0.243 e. The number of piperidine rings is 1. The molecule has 1 fully saturated rings. The zero-order valence-electron chi connectivity index (χ0n) is 11.7. The predicted molar refractivity (Wildman–Crippen MR) is 76.3 cm³/mol. The van der Waals surface area contributed by atoms with E-state index in [1.54, 1.807) is 11.2 Å². The second-order valence-corrected chi connectivity index (χ2v) is 7.11. The van der Waals surface area contributed by atoms with E-state index in [4.69, 9.17) is 5.73 Å². The minimum Gasteiger partial charge on any atom is -0.330 e. The van der Waals surface area contributed by atoms with Gasteiger partial charge in [-0.2, -0.15) is 4.31 Å². The van der Waals surface area contributed by atoms with Crippen molar-refractivity contribution in [2.24, 2.45) is 5.73 Å². The van der Waals surface area contributed by atoms with E-state index in [1.807, 2.05) is 0 Å². The van der Waals surface area contributed by atoms with E-state index < -0.39 is 15.8 Å². The summed E-state index contributed by atoms with van der Waals surface area (Å²) in [6, 6.07) is 3.77. The van der Waals surface area contributed by atoms with Crippen LogP contribution in [0, 0.1) is 12.7 Å². The molecule has 20 heavy (non-hydrogen) atoms. The molecule has 2 rings (SSSR count). The fourth-order valence-corrected chi connectivity index (χ4v) is 4.73. The smallest absolute Gasteiger partial charge is 0.243 e. The molecular weight excluding hydrogens is 279 g/mol. The Bertz CT molecular complexity index is 573. The lowest BCUT2D eigenvalue weighted by Gasteiger charge is -2.34. The molecule has 0 radical (unpaired) electrons. The first kappa shape index (κ1) is 15.4. The number of benzene rings is 1. The fourth-order valence-electron chi connectivity index (χ4n) is 2.80. The van der Waals surface area contributed by atoms with Crippen molar-refractivity contribution in [3.63, 3.8) is 0 Å². The first-order chi connectivity index (χ1) is 9.46. The van der Waals surface area contributed by atoms with Crippen LogP contribution in [0.2, 0.25) is 0 Å². The molecule has 2 N–H and O–H groups in total. The van der Waals surface area contributed by atoms with E-state index >= 15 is 0 Å². The van der Waals surface area contributed by atoms with Crippen molar-refractivity contribution >= 4 is 10.0 Å². The van der Waals surface area contributed by atoms with Crippen molar-refractivity contribution in [2.45, 2.75) is 43.5 Å². The maximum atomic E-state index is 13.2. The van der Waals surface area contributed by atoms with Crippen LogP contribution in [-0.2, 0) is 10.0 Å². The second-order valence-electron chi connectivity index (χ2n) is 5.25. The maximum absolute atomic E-state index is 13.2. The van der Waals surface area contributed by atoms with Gasteiger partial charge in [0.1, 0.15) is 5.82 Å². The molecule has 1 saturated heterocycles. The molecule has 4 nitrogen and oxygen atoms in total. The van der Waals surface area contributed by atoms with Crippen LogP contribution in [-0.4, -0.2) is 31.9 Å². The SMILES string of the molecule is Cc1cc(F)ccc1S(=O)(=O)N1CCCCC1CCN. The third-order valence-electron chi connectivity index (χ3n) is 3.80. The van der Waals surface area contributed by atoms with Crippen LogP contribution >= 0.6 is 0 Å². The van der Waals surface area contributed by atoms with Gasteiger partial charge in [0.05, 0.1) is 4.90 Å². The molecule has 1 heterocycles. The molecule has 0 saturated carbocycles. The van der Waals surface area contributed by atoms with Crippen LogP contribution in [0.25, 0.3) is 0 Å². The Morgan fingerprint density at radius 3 is 2.80 bits per heavy atom. The first-order valence-corrected chi connectivity index (χ1v) is 8.39. The van der Waals surface area contributed by atoms with Gasteiger partial charge in [-0.1, -0.05) is 6.42 Å². The summed E-state index contributed by atoms with van der Waals surface area (Å²) < 4.78 is 40.2. The van der Waals surface area contributed by atoms with E-state index in [-0.39, 0.29) is 10.9 Å². The monoisotopic (exact) mass is 300 g/mol. The van der Waals surface area contributed by atoms with Gasteiger partial charge in [0, 0.05) is 12.6 Å². The van der Waals surface area contributed by atoms with Gasteiger partial charge >= 0.3 is 0 Å². The van der Waals surface area contributed by atoms with E-state index in [1.165, 1.54) is 18.2 Å². The molecule has 1 aromatic rings. The zero-order valence-corrected chi connectivity index (χ0v) is 12.5.